The number of anilines is 2. The lowest BCUT2D eigenvalue weighted by atomic mass is 10.1. The lowest BCUT2D eigenvalue weighted by molar-refractivity contribution is 0.101. The summed E-state index contributed by atoms with van der Waals surface area (Å²) >= 11 is 0. The van der Waals surface area contributed by atoms with Crippen molar-refractivity contribution < 1.29 is 9.53 Å². The predicted octanol–water partition coefficient (Wildman–Crippen LogP) is 1.92. The molecule has 0 atom stereocenters. The number of ketones is 1. The maximum absolute atomic E-state index is 11.3. The first kappa shape index (κ1) is 12.5. The van der Waals surface area contributed by atoms with Crippen molar-refractivity contribution in [2.24, 2.45) is 0 Å². The standard InChI is InChI=1S/C12H18N2O2/c1-9(15)11-8-10(4-5-12(11)13)14-6-3-7-16-2/h4-5,8,14H,3,6-7,13H2,1-2H3. The van der Waals surface area contributed by atoms with Gasteiger partial charge in [-0.05, 0) is 31.5 Å². The summed E-state index contributed by atoms with van der Waals surface area (Å²) in [6.45, 7) is 3.05. The predicted molar refractivity (Wildman–Crippen MR) is 65.8 cm³/mol. The van der Waals surface area contributed by atoms with Gasteiger partial charge < -0.3 is 15.8 Å². The van der Waals surface area contributed by atoms with Crippen molar-refractivity contribution >= 4 is 17.2 Å². The molecule has 16 heavy (non-hydrogen) atoms. The van der Waals surface area contributed by atoms with Crippen molar-refractivity contribution in [3.8, 4) is 0 Å². The van der Waals surface area contributed by atoms with Crippen LogP contribution in [0.25, 0.3) is 0 Å². The quantitative estimate of drug-likeness (QED) is 0.438. The smallest absolute Gasteiger partial charge is 0.161 e. The molecule has 1 aromatic carbocycles. The van der Waals surface area contributed by atoms with Crippen LogP contribution >= 0.6 is 0 Å². The van der Waals surface area contributed by atoms with E-state index in [0.717, 1.165) is 25.3 Å². The largest absolute Gasteiger partial charge is 0.398 e. The van der Waals surface area contributed by atoms with E-state index in [0.29, 0.717) is 11.3 Å². The third-order valence-electron chi connectivity index (χ3n) is 2.29. The molecule has 0 aliphatic heterocycles. The maximum atomic E-state index is 11.3. The number of rotatable bonds is 6. The molecule has 0 aliphatic carbocycles. The van der Waals surface area contributed by atoms with Crippen LogP contribution in [-0.2, 0) is 4.74 Å². The Bertz CT molecular complexity index is 364. The molecule has 1 rings (SSSR count). The van der Waals surface area contributed by atoms with Gasteiger partial charge in [-0.3, -0.25) is 4.79 Å². The van der Waals surface area contributed by atoms with E-state index in [-0.39, 0.29) is 5.78 Å². The minimum Gasteiger partial charge on any atom is -0.398 e. The van der Waals surface area contributed by atoms with Gasteiger partial charge in [0.15, 0.2) is 5.78 Å². The molecule has 4 nitrogen and oxygen atoms in total. The third-order valence-corrected chi connectivity index (χ3v) is 2.29. The summed E-state index contributed by atoms with van der Waals surface area (Å²) in [6.07, 6.45) is 0.927. The fraction of sp³-hybridized carbons (Fsp3) is 0.417. The number of nitrogens with one attached hydrogen (secondary N) is 1. The second-order valence-electron chi connectivity index (χ2n) is 3.63. The van der Waals surface area contributed by atoms with E-state index in [1.54, 1.807) is 19.2 Å². The van der Waals surface area contributed by atoms with Gasteiger partial charge in [0.25, 0.3) is 0 Å². The molecule has 0 heterocycles. The summed E-state index contributed by atoms with van der Waals surface area (Å²) in [4.78, 5) is 11.3. The fourth-order valence-corrected chi connectivity index (χ4v) is 1.42. The van der Waals surface area contributed by atoms with E-state index < -0.39 is 0 Å². The van der Waals surface area contributed by atoms with Gasteiger partial charge in [0.2, 0.25) is 0 Å². The van der Waals surface area contributed by atoms with Crippen molar-refractivity contribution in [3.63, 3.8) is 0 Å². The maximum Gasteiger partial charge on any atom is 0.161 e. The molecule has 0 amide bonds. The normalized spacial score (nSPS) is 10.1. The Kier molecular flexibility index (Phi) is 4.79. The fourth-order valence-electron chi connectivity index (χ4n) is 1.42. The Hall–Kier alpha value is -1.55. The van der Waals surface area contributed by atoms with Gasteiger partial charge in [-0.2, -0.15) is 0 Å². The molecule has 0 spiro atoms. The number of methoxy groups -OCH3 is 1. The second kappa shape index (κ2) is 6.12. The number of nitrogens with two attached hydrogens (primary N) is 1. The molecular weight excluding hydrogens is 204 g/mol. The molecule has 0 saturated heterocycles. The van der Waals surface area contributed by atoms with Gasteiger partial charge in [0, 0.05) is 37.2 Å². The van der Waals surface area contributed by atoms with Gasteiger partial charge in [-0.1, -0.05) is 0 Å². The molecule has 1 aromatic rings. The Morgan fingerprint density at radius 3 is 2.88 bits per heavy atom. The monoisotopic (exact) mass is 222 g/mol. The summed E-state index contributed by atoms with van der Waals surface area (Å²) in [5, 5.41) is 3.21. The Morgan fingerprint density at radius 1 is 1.50 bits per heavy atom. The van der Waals surface area contributed by atoms with Crippen molar-refractivity contribution in [1.82, 2.24) is 0 Å². The number of carbonyl (C=O) groups excluding carboxylic acids is 1. The number of hydrogen-bond acceptors (Lipinski definition) is 4. The van der Waals surface area contributed by atoms with Crippen molar-refractivity contribution in [1.29, 1.82) is 0 Å². The van der Waals surface area contributed by atoms with E-state index in [4.69, 9.17) is 10.5 Å². The minimum atomic E-state index is -0.0157. The van der Waals surface area contributed by atoms with Crippen molar-refractivity contribution in [3.05, 3.63) is 23.8 Å². The molecule has 0 saturated carbocycles. The minimum absolute atomic E-state index is 0.0157. The van der Waals surface area contributed by atoms with E-state index in [9.17, 15) is 4.79 Å². The molecule has 0 radical (unpaired) electrons. The van der Waals surface area contributed by atoms with Crippen LogP contribution in [0.15, 0.2) is 18.2 Å². The summed E-state index contributed by atoms with van der Waals surface area (Å²) in [6, 6.07) is 5.40. The van der Waals surface area contributed by atoms with Crippen LogP contribution < -0.4 is 11.1 Å². The summed E-state index contributed by atoms with van der Waals surface area (Å²) in [5.74, 6) is -0.0157. The van der Waals surface area contributed by atoms with Crippen LogP contribution in [0.5, 0.6) is 0 Å². The number of carbonyl (C=O) groups is 1. The van der Waals surface area contributed by atoms with Gasteiger partial charge in [0.05, 0.1) is 0 Å². The molecule has 0 aliphatic rings. The van der Waals surface area contributed by atoms with Gasteiger partial charge in [0.1, 0.15) is 0 Å². The van der Waals surface area contributed by atoms with Crippen LogP contribution in [0.4, 0.5) is 11.4 Å². The number of benzene rings is 1. The topological polar surface area (TPSA) is 64.3 Å². The first-order valence-corrected chi connectivity index (χ1v) is 5.28. The highest BCUT2D eigenvalue weighted by Crippen LogP contribution is 2.18. The van der Waals surface area contributed by atoms with Gasteiger partial charge in [-0.25, -0.2) is 0 Å². The van der Waals surface area contributed by atoms with E-state index >= 15 is 0 Å². The molecule has 0 fully saturated rings. The van der Waals surface area contributed by atoms with Crippen LogP contribution in [-0.4, -0.2) is 26.0 Å². The highest BCUT2D eigenvalue weighted by atomic mass is 16.5. The molecule has 0 aromatic heterocycles. The number of hydrogen-bond donors (Lipinski definition) is 2. The molecule has 4 heteroatoms. The lowest BCUT2D eigenvalue weighted by Gasteiger charge is -2.08. The summed E-state index contributed by atoms with van der Waals surface area (Å²) < 4.78 is 4.95. The Morgan fingerprint density at radius 2 is 2.25 bits per heavy atom. The average molecular weight is 222 g/mol. The van der Waals surface area contributed by atoms with Crippen LogP contribution in [0, 0.1) is 0 Å². The van der Waals surface area contributed by atoms with E-state index in [1.807, 2.05) is 6.07 Å². The van der Waals surface area contributed by atoms with Crippen LogP contribution in [0.1, 0.15) is 23.7 Å². The first-order chi connectivity index (χ1) is 7.65. The van der Waals surface area contributed by atoms with E-state index in [2.05, 4.69) is 5.32 Å². The SMILES string of the molecule is COCCCNc1ccc(N)c(C(C)=O)c1. The second-order valence-corrected chi connectivity index (χ2v) is 3.63. The lowest BCUT2D eigenvalue weighted by Crippen LogP contribution is -2.06. The average Bonchev–Trinajstić information content (AvgIpc) is 2.26. The number of Topliss-reactive ketones (excluding diaryl/α,β-unsaturated/α-hetero) is 1. The highest BCUT2D eigenvalue weighted by Gasteiger charge is 2.05. The first-order valence-electron chi connectivity index (χ1n) is 5.28. The third kappa shape index (κ3) is 3.55. The molecule has 0 bridgehead atoms. The highest BCUT2D eigenvalue weighted by molar-refractivity contribution is 5.99. The molecule has 0 unspecified atom stereocenters. The Balaban J connectivity index is 2.61. The van der Waals surface area contributed by atoms with Crippen LogP contribution in [0.3, 0.4) is 0 Å². The zero-order valence-corrected chi connectivity index (χ0v) is 9.75. The molecular formula is C12H18N2O2. The van der Waals surface area contributed by atoms with Crippen LogP contribution in [0.2, 0.25) is 0 Å². The summed E-state index contributed by atoms with van der Waals surface area (Å²) in [7, 11) is 1.68. The van der Waals surface area contributed by atoms with Gasteiger partial charge in [-0.15, -0.1) is 0 Å². The van der Waals surface area contributed by atoms with Gasteiger partial charge >= 0.3 is 0 Å². The molecule has 88 valence electrons. The number of nitrogen functional groups attached to an aromatic ring is 1. The summed E-state index contributed by atoms with van der Waals surface area (Å²) in [5.41, 5.74) is 7.70. The number of ether oxygens (including phenoxy) is 1. The zero-order valence-electron chi connectivity index (χ0n) is 9.75. The zero-order chi connectivity index (χ0) is 12.0. The van der Waals surface area contributed by atoms with Crippen molar-refractivity contribution in [2.75, 3.05) is 31.3 Å². The molecule has 3 N–H and O–H groups in total. The Labute approximate surface area is 95.8 Å². The van der Waals surface area contributed by atoms with E-state index in [1.165, 1.54) is 6.92 Å². The van der Waals surface area contributed by atoms with Crippen molar-refractivity contribution in [2.45, 2.75) is 13.3 Å².